The van der Waals surface area contributed by atoms with Crippen molar-refractivity contribution in [2.45, 2.75) is 39.2 Å². The summed E-state index contributed by atoms with van der Waals surface area (Å²) in [4.78, 5) is 33.6. The van der Waals surface area contributed by atoms with Crippen molar-refractivity contribution >= 4 is 57.2 Å². The van der Waals surface area contributed by atoms with E-state index in [4.69, 9.17) is 32.7 Å². The van der Waals surface area contributed by atoms with Gasteiger partial charge in [-0.1, -0.05) is 48.3 Å². The zero-order valence-electron chi connectivity index (χ0n) is 25.7. The number of likely N-dealkylation sites (tertiary alicyclic amines) is 1. The second kappa shape index (κ2) is 14.4. The van der Waals surface area contributed by atoms with Gasteiger partial charge in [-0.05, 0) is 69.6 Å². The zero-order valence-corrected chi connectivity index (χ0v) is 27.2. The minimum Gasteiger partial charge on any atom is -0.495 e. The Kier molecular flexibility index (Phi) is 10.3. The monoisotopic (exact) mass is 649 g/mol. The number of carbonyl (C=O) groups excluding carboxylic acids is 1. The van der Waals surface area contributed by atoms with Crippen molar-refractivity contribution in [3.63, 3.8) is 0 Å². The molecule has 0 radical (unpaired) electrons. The second-order valence-electron chi connectivity index (χ2n) is 11.0. The van der Waals surface area contributed by atoms with Crippen LogP contribution in [0.5, 0.6) is 11.5 Å². The smallest absolute Gasteiger partial charge is 0.259 e. The summed E-state index contributed by atoms with van der Waals surface area (Å²) in [6.45, 7) is 8.99. The Balaban J connectivity index is 1.62. The van der Waals surface area contributed by atoms with E-state index in [9.17, 15) is 9.59 Å². The highest BCUT2D eigenvalue weighted by Gasteiger charge is 2.23. The van der Waals surface area contributed by atoms with Crippen LogP contribution in [0.15, 0.2) is 60.0 Å². The number of benzene rings is 2. The molecular weight excluding hydrogens is 613 g/mol. The minimum atomic E-state index is -0.323. The lowest BCUT2D eigenvalue weighted by Crippen LogP contribution is -2.32. The first-order valence-electron chi connectivity index (χ1n) is 14.9. The lowest BCUT2D eigenvalue weighted by molar-refractivity contribution is -0.111. The molecule has 0 aliphatic carbocycles. The third-order valence-corrected chi connectivity index (χ3v) is 8.85. The Bertz CT molecular complexity index is 1770. The molecule has 2 N–H and O–H groups in total. The van der Waals surface area contributed by atoms with Gasteiger partial charge in [0, 0.05) is 35.8 Å². The maximum absolute atomic E-state index is 14.4. The molecule has 11 heteroatoms. The molecule has 1 fully saturated rings. The largest absolute Gasteiger partial charge is 0.495 e. The fraction of sp³-hybridized carbons (Fsp3) is 0.324. The summed E-state index contributed by atoms with van der Waals surface area (Å²) in [5.74, 6) is 0.886. The topological polar surface area (TPSA) is 97.7 Å². The van der Waals surface area contributed by atoms with Crippen LogP contribution in [0.2, 0.25) is 10.0 Å². The zero-order chi connectivity index (χ0) is 32.1. The van der Waals surface area contributed by atoms with Gasteiger partial charge < -0.3 is 29.6 Å². The van der Waals surface area contributed by atoms with Crippen molar-refractivity contribution in [2.24, 2.45) is 0 Å². The van der Waals surface area contributed by atoms with E-state index in [0.717, 1.165) is 37.0 Å². The van der Waals surface area contributed by atoms with Gasteiger partial charge in [-0.15, -0.1) is 0 Å². The fourth-order valence-corrected chi connectivity index (χ4v) is 6.45. The number of aromatic nitrogens is 2. The first-order chi connectivity index (χ1) is 21.7. The number of hydrogen-bond acceptors (Lipinski definition) is 7. The summed E-state index contributed by atoms with van der Waals surface area (Å²) >= 11 is 13.5. The van der Waals surface area contributed by atoms with E-state index in [-0.39, 0.29) is 21.5 Å². The van der Waals surface area contributed by atoms with Gasteiger partial charge in [0.1, 0.15) is 17.3 Å². The number of piperidine rings is 1. The molecule has 0 bridgehead atoms. The van der Waals surface area contributed by atoms with E-state index < -0.39 is 0 Å². The van der Waals surface area contributed by atoms with Crippen molar-refractivity contribution in [1.29, 1.82) is 0 Å². The number of rotatable bonds is 11. The normalized spacial score (nSPS) is 13.4. The van der Waals surface area contributed by atoms with E-state index in [0.29, 0.717) is 51.9 Å². The first kappa shape index (κ1) is 32.3. The number of ether oxygens (including phenoxy) is 2. The van der Waals surface area contributed by atoms with Crippen LogP contribution < -0.4 is 25.7 Å². The minimum absolute atomic E-state index is 0.222. The highest BCUT2D eigenvalue weighted by Crippen LogP contribution is 2.45. The molecule has 2 aromatic carbocycles. The summed E-state index contributed by atoms with van der Waals surface area (Å²) in [5.41, 5.74) is 3.31. The molecule has 0 saturated carbocycles. The Morgan fingerprint density at radius 2 is 1.76 bits per heavy atom. The van der Waals surface area contributed by atoms with Gasteiger partial charge in [-0.3, -0.25) is 9.59 Å². The van der Waals surface area contributed by atoms with Crippen molar-refractivity contribution < 1.29 is 14.3 Å². The Labute approximate surface area is 272 Å². The number of fused-ring (bicyclic) bond motifs is 1. The Morgan fingerprint density at radius 3 is 2.42 bits per heavy atom. The summed E-state index contributed by atoms with van der Waals surface area (Å²) in [7, 11) is 3.00. The number of halogens is 2. The molecule has 0 unspecified atom stereocenters. The number of para-hydroxylation sites is 1. The molecule has 1 aliphatic rings. The molecule has 1 amide bonds. The van der Waals surface area contributed by atoms with E-state index >= 15 is 0 Å². The summed E-state index contributed by atoms with van der Waals surface area (Å²) in [6, 6.07) is 10.8. The van der Waals surface area contributed by atoms with Gasteiger partial charge in [0.2, 0.25) is 5.91 Å². The molecule has 9 nitrogen and oxygen atoms in total. The SMILES string of the molecule is C=CC(=O)Nc1cccc(C)c1Nc1cc2c(cn1)cc(-c1c(Cl)c(OC)cc(OC)c1Cl)c(=O)n2CCCN1CCCCC1. The Morgan fingerprint density at radius 1 is 1.04 bits per heavy atom. The summed E-state index contributed by atoms with van der Waals surface area (Å²) in [5, 5.41) is 7.37. The number of amides is 1. The van der Waals surface area contributed by atoms with Gasteiger partial charge in [0.25, 0.3) is 5.56 Å². The van der Waals surface area contributed by atoms with Gasteiger partial charge in [0.15, 0.2) is 0 Å². The van der Waals surface area contributed by atoms with Gasteiger partial charge >= 0.3 is 0 Å². The second-order valence-corrected chi connectivity index (χ2v) is 11.8. The average molecular weight is 651 g/mol. The molecule has 236 valence electrons. The average Bonchev–Trinajstić information content (AvgIpc) is 3.04. The first-order valence-corrected chi connectivity index (χ1v) is 15.7. The molecule has 0 spiro atoms. The molecule has 2 aromatic heterocycles. The molecular formula is C34H37Cl2N5O4. The van der Waals surface area contributed by atoms with Crippen LogP contribution in [0.3, 0.4) is 0 Å². The standard InChI is InChI=1S/C34H37Cl2N5O4/c1-5-29(42)38-24-12-9-11-21(2)33(24)39-28-18-25-22(20-37-28)17-23(30-31(35)26(44-3)19-27(45-4)32(30)36)34(43)41(25)16-10-15-40-13-7-6-8-14-40/h5,9,11-12,17-20H,1,6-8,10,13-16H2,2-4H3,(H,37,39)(H,38,42). The van der Waals surface area contributed by atoms with Gasteiger partial charge in [-0.25, -0.2) is 4.98 Å². The van der Waals surface area contributed by atoms with Crippen LogP contribution in [0, 0.1) is 6.92 Å². The van der Waals surface area contributed by atoms with Crippen LogP contribution in [0.4, 0.5) is 17.2 Å². The maximum atomic E-state index is 14.4. The molecule has 45 heavy (non-hydrogen) atoms. The highest BCUT2D eigenvalue weighted by molar-refractivity contribution is 6.41. The lowest BCUT2D eigenvalue weighted by Gasteiger charge is -2.26. The fourth-order valence-electron chi connectivity index (χ4n) is 5.75. The molecule has 3 heterocycles. The van der Waals surface area contributed by atoms with E-state index in [1.807, 2.05) is 25.1 Å². The van der Waals surface area contributed by atoms with Crippen molar-refractivity contribution in [1.82, 2.24) is 14.5 Å². The number of pyridine rings is 2. The molecule has 1 saturated heterocycles. The van der Waals surface area contributed by atoms with Crippen LogP contribution in [-0.2, 0) is 11.3 Å². The summed E-state index contributed by atoms with van der Waals surface area (Å²) in [6.07, 6.45) is 7.36. The van der Waals surface area contributed by atoms with Gasteiger partial charge in [-0.2, -0.15) is 0 Å². The molecule has 4 aromatic rings. The van der Waals surface area contributed by atoms with Crippen LogP contribution in [0.25, 0.3) is 22.0 Å². The van der Waals surface area contributed by atoms with Crippen molar-refractivity contribution in [3.05, 3.63) is 81.2 Å². The molecule has 5 rings (SSSR count). The Hall–Kier alpha value is -4.05. The quantitative estimate of drug-likeness (QED) is 0.163. The number of nitrogens with one attached hydrogen (secondary N) is 2. The third kappa shape index (κ3) is 6.96. The molecule has 1 aliphatic heterocycles. The number of aryl methyl sites for hydroxylation is 2. The maximum Gasteiger partial charge on any atom is 0.259 e. The van der Waals surface area contributed by atoms with E-state index in [2.05, 4.69) is 27.1 Å². The van der Waals surface area contributed by atoms with E-state index in [1.54, 1.807) is 29.0 Å². The third-order valence-electron chi connectivity index (χ3n) is 8.09. The van der Waals surface area contributed by atoms with Crippen molar-refractivity contribution in [2.75, 3.05) is 44.5 Å². The predicted molar refractivity (Wildman–Crippen MR) is 183 cm³/mol. The number of nitrogens with zero attached hydrogens (tertiary/aromatic N) is 3. The van der Waals surface area contributed by atoms with E-state index in [1.165, 1.54) is 39.6 Å². The van der Waals surface area contributed by atoms with Crippen LogP contribution in [0.1, 0.15) is 31.2 Å². The lowest BCUT2D eigenvalue weighted by atomic mass is 10.0. The number of carbonyl (C=O) groups is 1. The summed E-state index contributed by atoms with van der Waals surface area (Å²) < 4.78 is 12.7. The predicted octanol–water partition coefficient (Wildman–Crippen LogP) is 7.44. The number of hydrogen-bond donors (Lipinski definition) is 2. The molecule has 0 atom stereocenters. The number of anilines is 3. The van der Waals surface area contributed by atoms with Crippen LogP contribution in [-0.4, -0.2) is 54.2 Å². The number of methoxy groups -OCH3 is 2. The highest BCUT2D eigenvalue weighted by atomic mass is 35.5. The van der Waals surface area contributed by atoms with Crippen LogP contribution >= 0.6 is 23.2 Å². The van der Waals surface area contributed by atoms with Gasteiger partial charge in [0.05, 0.1) is 46.7 Å². The van der Waals surface area contributed by atoms with Crippen molar-refractivity contribution in [3.8, 4) is 22.6 Å².